The summed E-state index contributed by atoms with van der Waals surface area (Å²) in [6, 6.07) is 0. The molecule has 41 valence electrons. The largest absolute Gasteiger partial charge is 0.461 e. The molecule has 0 aliphatic carbocycles. The number of nitrogens with two attached hydrogens (primary N) is 1. The van der Waals surface area contributed by atoms with Crippen molar-refractivity contribution in [2.45, 2.75) is 6.42 Å². The Morgan fingerprint density at radius 2 is 2.43 bits per heavy atom. The van der Waals surface area contributed by atoms with Gasteiger partial charge in [0.15, 0.2) is 0 Å². The minimum absolute atomic E-state index is 0.371. The first-order valence-electron chi connectivity index (χ1n) is 2.02. The van der Waals surface area contributed by atoms with Crippen LogP contribution in [0.5, 0.6) is 0 Å². The van der Waals surface area contributed by atoms with Gasteiger partial charge in [-0.05, 0) is 6.54 Å². The highest BCUT2D eigenvalue weighted by Crippen LogP contribution is 1.80. The molecular formula is C4H8NO2. The molecule has 0 heterocycles. The Morgan fingerprint density at radius 1 is 1.71 bits per heavy atom. The molecule has 3 nitrogen and oxygen atoms in total. The summed E-state index contributed by atoms with van der Waals surface area (Å²) in [4.78, 5) is 9.39. The van der Waals surface area contributed by atoms with Gasteiger partial charge in [-0.25, -0.2) is 0 Å². The second-order valence-electron chi connectivity index (χ2n) is 0.976. The van der Waals surface area contributed by atoms with Gasteiger partial charge in [-0.15, -0.1) is 0 Å². The number of carbonyl (C=O) groups excluding carboxylic acids is 1. The maximum atomic E-state index is 9.39. The van der Waals surface area contributed by atoms with Crippen molar-refractivity contribution in [3.8, 4) is 0 Å². The molecule has 0 unspecified atom stereocenters. The normalized spacial score (nSPS) is 8.14. The van der Waals surface area contributed by atoms with Gasteiger partial charge in [0.25, 0.3) is 6.47 Å². The van der Waals surface area contributed by atoms with E-state index in [2.05, 4.69) is 4.74 Å². The highest BCUT2D eigenvalue weighted by molar-refractivity contribution is 5.37. The lowest BCUT2D eigenvalue weighted by atomic mass is 10.5. The standard InChI is InChI=1S/C4H8NO2/c5-2-1-3-7-4-6/h3-4H,1-2,5H2. The molecule has 2 N–H and O–H groups in total. The summed E-state index contributed by atoms with van der Waals surface area (Å²) in [5, 5.41) is 0. The zero-order chi connectivity index (χ0) is 5.54. The second kappa shape index (κ2) is 5.43. The molecule has 0 aliphatic heterocycles. The van der Waals surface area contributed by atoms with E-state index in [1.807, 2.05) is 0 Å². The van der Waals surface area contributed by atoms with Crippen LogP contribution in [0.15, 0.2) is 0 Å². The van der Waals surface area contributed by atoms with E-state index in [9.17, 15) is 4.79 Å². The molecule has 0 aromatic rings. The van der Waals surface area contributed by atoms with Crippen LogP contribution in [-0.2, 0) is 9.53 Å². The molecule has 0 rings (SSSR count). The van der Waals surface area contributed by atoms with Gasteiger partial charge in [0.2, 0.25) is 0 Å². The molecule has 0 spiro atoms. The minimum atomic E-state index is 0.371. The van der Waals surface area contributed by atoms with Crippen molar-refractivity contribution in [1.29, 1.82) is 0 Å². The number of carbonyl (C=O) groups is 1. The van der Waals surface area contributed by atoms with Gasteiger partial charge >= 0.3 is 0 Å². The van der Waals surface area contributed by atoms with E-state index in [1.54, 1.807) is 0 Å². The third-order valence-electron chi connectivity index (χ3n) is 0.436. The van der Waals surface area contributed by atoms with E-state index in [-0.39, 0.29) is 0 Å². The van der Waals surface area contributed by atoms with Crippen LogP contribution >= 0.6 is 0 Å². The molecule has 0 saturated carbocycles. The number of hydrogen-bond acceptors (Lipinski definition) is 3. The molecule has 0 fully saturated rings. The van der Waals surface area contributed by atoms with Gasteiger partial charge in [0.05, 0.1) is 0 Å². The van der Waals surface area contributed by atoms with Crippen LogP contribution in [0.25, 0.3) is 0 Å². The topological polar surface area (TPSA) is 52.3 Å². The summed E-state index contributed by atoms with van der Waals surface area (Å²) in [5.74, 6) is 0. The molecule has 0 atom stereocenters. The SMILES string of the molecule is NCC[CH]OC=O. The Hall–Kier alpha value is -0.570. The lowest BCUT2D eigenvalue weighted by Gasteiger charge is -1.89. The Bertz CT molecular complexity index is 47.0. The van der Waals surface area contributed by atoms with Crippen molar-refractivity contribution in [2.24, 2.45) is 5.73 Å². The van der Waals surface area contributed by atoms with E-state index >= 15 is 0 Å². The van der Waals surface area contributed by atoms with Gasteiger partial charge in [-0.3, -0.25) is 4.79 Å². The van der Waals surface area contributed by atoms with E-state index in [1.165, 1.54) is 6.61 Å². The van der Waals surface area contributed by atoms with E-state index in [4.69, 9.17) is 5.73 Å². The lowest BCUT2D eigenvalue weighted by molar-refractivity contribution is -0.125. The summed E-state index contributed by atoms with van der Waals surface area (Å²) < 4.78 is 4.19. The van der Waals surface area contributed by atoms with Crippen LogP contribution in [0, 0.1) is 6.61 Å². The van der Waals surface area contributed by atoms with Crippen LogP contribution < -0.4 is 5.73 Å². The average molecular weight is 102 g/mol. The van der Waals surface area contributed by atoms with Gasteiger partial charge < -0.3 is 10.5 Å². The molecule has 7 heavy (non-hydrogen) atoms. The summed E-state index contributed by atoms with van der Waals surface area (Å²) >= 11 is 0. The molecular weight excluding hydrogens is 94.0 g/mol. The van der Waals surface area contributed by atoms with Crippen molar-refractivity contribution < 1.29 is 9.53 Å². The van der Waals surface area contributed by atoms with Crippen LogP contribution in [-0.4, -0.2) is 13.0 Å². The number of hydrogen-bond donors (Lipinski definition) is 1. The van der Waals surface area contributed by atoms with Gasteiger partial charge in [0, 0.05) is 6.42 Å². The van der Waals surface area contributed by atoms with Gasteiger partial charge in [0.1, 0.15) is 6.61 Å². The summed E-state index contributed by atoms with van der Waals surface area (Å²) in [5.41, 5.74) is 5.04. The molecule has 0 aromatic carbocycles. The third-order valence-corrected chi connectivity index (χ3v) is 0.436. The van der Waals surface area contributed by atoms with Crippen molar-refractivity contribution in [3.63, 3.8) is 0 Å². The fraction of sp³-hybridized carbons (Fsp3) is 0.500. The smallest absolute Gasteiger partial charge is 0.293 e. The van der Waals surface area contributed by atoms with Gasteiger partial charge in [-0.1, -0.05) is 0 Å². The predicted molar refractivity (Wildman–Crippen MR) is 25.1 cm³/mol. The zero-order valence-electron chi connectivity index (χ0n) is 3.96. The summed E-state index contributed by atoms with van der Waals surface area (Å²) in [6.07, 6.45) is 0.624. The minimum Gasteiger partial charge on any atom is -0.461 e. The number of rotatable bonds is 4. The maximum Gasteiger partial charge on any atom is 0.293 e. The molecule has 0 aliphatic rings. The van der Waals surface area contributed by atoms with Crippen LogP contribution in [0.3, 0.4) is 0 Å². The fourth-order valence-electron chi connectivity index (χ4n) is 0.175. The average Bonchev–Trinajstić information content (AvgIpc) is 1.69. The first-order chi connectivity index (χ1) is 3.41. The van der Waals surface area contributed by atoms with Crippen molar-refractivity contribution in [3.05, 3.63) is 6.61 Å². The summed E-state index contributed by atoms with van der Waals surface area (Å²) in [7, 11) is 0. The molecule has 0 bridgehead atoms. The number of ether oxygens (including phenoxy) is 1. The van der Waals surface area contributed by atoms with E-state index in [0.29, 0.717) is 19.4 Å². The van der Waals surface area contributed by atoms with Crippen molar-refractivity contribution in [2.75, 3.05) is 6.54 Å². The molecule has 0 saturated heterocycles. The summed E-state index contributed by atoms with van der Waals surface area (Å²) in [6.45, 7) is 2.26. The van der Waals surface area contributed by atoms with Crippen LogP contribution in [0.1, 0.15) is 6.42 Å². The molecule has 3 heteroatoms. The molecule has 0 aromatic heterocycles. The Labute approximate surface area is 42.4 Å². The zero-order valence-corrected chi connectivity index (χ0v) is 3.96. The van der Waals surface area contributed by atoms with E-state index in [0.717, 1.165) is 0 Å². The Morgan fingerprint density at radius 3 is 2.86 bits per heavy atom. The van der Waals surface area contributed by atoms with Crippen molar-refractivity contribution >= 4 is 6.47 Å². The highest BCUT2D eigenvalue weighted by atomic mass is 16.5. The quantitative estimate of drug-likeness (QED) is 0.390. The van der Waals surface area contributed by atoms with Crippen molar-refractivity contribution in [1.82, 2.24) is 0 Å². The third kappa shape index (κ3) is 5.43. The molecule has 1 radical (unpaired) electrons. The van der Waals surface area contributed by atoms with Crippen LogP contribution in [0.2, 0.25) is 0 Å². The monoisotopic (exact) mass is 102 g/mol. The first kappa shape index (κ1) is 6.43. The Balaban J connectivity index is 2.56. The van der Waals surface area contributed by atoms with Gasteiger partial charge in [-0.2, -0.15) is 0 Å². The van der Waals surface area contributed by atoms with E-state index < -0.39 is 0 Å². The highest BCUT2D eigenvalue weighted by Gasteiger charge is 1.79. The van der Waals surface area contributed by atoms with Crippen LogP contribution in [0.4, 0.5) is 0 Å². The maximum absolute atomic E-state index is 9.39. The lowest BCUT2D eigenvalue weighted by Crippen LogP contribution is -1.99. The fourth-order valence-corrected chi connectivity index (χ4v) is 0.175. The first-order valence-corrected chi connectivity index (χ1v) is 2.02. The Kier molecular flexibility index (Phi) is 4.99. The predicted octanol–water partition coefficient (Wildman–Crippen LogP) is -0.330. The molecule has 0 amide bonds. The second-order valence-corrected chi connectivity index (χ2v) is 0.976.